The first-order valence-electron chi connectivity index (χ1n) is 5.25. The molecule has 15 heavy (non-hydrogen) atoms. The van der Waals surface area contributed by atoms with E-state index in [1.54, 1.807) is 0 Å². The van der Waals surface area contributed by atoms with Crippen LogP contribution in [0.3, 0.4) is 0 Å². The molecule has 2 N–H and O–H groups in total. The van der Waals surface area contributed by atoms with Crippen molar-refractivity contribution >= 4 is 11.5 Å². The molecule has 0 radical (unpaired) electrons. The maximum absolute atomic E-state index is 5.95. The van der Waals surface area contributed by atoms with Crippen LogP contribution >= 0.6 is 0 Å². The number of anilines is 2. The molecule has 1 atom stereocenters. The number of hydrogen-bond acceptors (Lipinski definition) is 4. The van der Waals surface area contributed by atoms with Crippen molar-refractivity contribution in [3.05, 3.63) is 17.8 Å². The predicted molar refractivity (Wildman–Crippen MR) is 61.0 cm³/mol. The molecule has 0 aliphatic carbocycles. The molecular weight excluding hydrogens is 190 g/mol. The van der Waals surface area contributed by atoms with Crippen LogP contribution < -0.4 is 10.6 Å². The second-order valence-corrected chi connectivity index (χ2v) is 4.05. The zero-order valence-corrected chi connectivity index (χ0v) is 9.23. The summed E-state index contributed by atoms with van der Waals surface area (Å²) < 4.78 is 5.48. The Morgan fingerprint density at radius 1 is 1.60 bits per heavy atom. The number of nitrogens with two attached hydrogens (primary N) is 1. The lowest BCUT2D eigenvalue weighted by atomic mass is 10.2. The molecular formula is C11H17N3O. The molecule has 4 heteroatoms. The number of nitrogen functional groups attached to an aromatic ring is 1. The van der Waals surface area contributed by atoms with Gasteiger partial charge in [-0.2, -0.15) is 0 Å². The van der Waals surface area contributed by atoms with Gasteiger partial charge in [0.05, 0.1) is 18.4 Å². The van der Waals surface area contributed by atoms with Gasteiger partial charge in [0.25, 0.3) is 0 Å². The van der Waals surface area contributed by atoms with E-state index in [1.807, 2.05) is 19.2 Å². The molecule has 0 spiro atoms. The first-order chi connectivity index (χ1) is 7.16. The largest absolute Gasteiger partial charge is 0.396 e. The standard InChI is InChI=1S/C11H17N3O/c1-8-5-10(12)11(13-6-8)14-3-4-15-9(2)7-14/h5-6,9H,3-4,7,12H2,1-2H3. The van der Waals surface area contributed by atoms with E-state index in [0.717, 1.165) is 36.8 Å². The minimum Gasteiger partial charge on any atom is -0.396 e. The zero-order chi connectivity index (χ0) is 10.8. The number of rotatable bonds is 1. The lowest BCUT2D eigenvalue weighted by molar-refractivity contribution is 0.0530. The summed E-state index contributed by atoms with van der Waals surface area (Å²) in [5.74, 6) is 0.885. The van der Waals surface area contributed by atoms with Gasteiger partial charge in [0.15, 0.2) is 5.82 Å². The summed E-state index contributed by atoms with van der Waals surface area (Å²) in [6.45, 7) is 6.53. The van der Waals surface area contributed by atoms with Crippen molar-refractivity contribution < 1.29 is 4.74 Å². The fraction of sp³-hybridized carbons (Fsp3) is 0.545. The maximum Gasteiger partial charge on any atom is 0.151 e. The molecule has 1 saturated heterocycles. The molecule has 0 bridgehead atoms. The smallest absolute Gasteiger partial charge is 0.151 e. The Hall–Kier alpha value is -1.29. The highest BCUT2D eigenvalue weighted by Gasteiger charge is 2.19. The van der Waals surface area contributed by atoms with Gasteiger partial charge in [0, 0.05) is 19.3 Å². The number of aromatic nitrogens is 1. The molecule has 1 fully saturated rings. The van der Waals surface area contributed by atoms with Crippen LogP contribution in [0.25, 0.3) is 0 Å². The lowest BCUT2D eigenvalue weighted by Crippen LogP contribution is -2.41. The summed E-state index contributed by atoms with van der Waals surface area (Å²) in [6.07, 6.45) is 2.10. The third kappa shape index (κ3) is 2.21. The van der Waals surface area contributed by atoms with Crippen molar-refractivity contribution in [2.75, 3.05) is 30.3 Å². The molecule has 1 aliphatic rings. The number of nitrogens with zero attached hydrogens (tertiary/aromatic N) is 2. The monoisotopic (exact) mass is 207 g/mol. The lowest BCUT2D eigenvalue weighted by Gasteiger charge is -2.32. The third-order valence-corrected chi connectivity index (χ3v) is 2.57. The number of morpholine rings is 1. The first kappa shape index (κ1) is 10.2. The van der Waals surface area contributed by atoms with Gasteiger partial charge in [-0.05, 0) is 25.5 Å². The van der Waals surface area contributed by atoms with Crippen LogP contribution in [0, 0.1) is 6.92 Å². The van der Waals surface area contributed by atoms with Gasteiger partial charge in [-0.3, -0.25) is 0 Å². The Balaban J connectivity index is 2.21. The summed E-state index contributed by atoms with van der Waals surface area (Å²) in [6, 6.07) is 1.96. The van der Waals surface area contributed by atoms with Gasteiger partial charge in [-0.15, -0.1) is 0 Å². The SMILES string of the molecule is Cc1cnc(N2CCOC(C)C2)c(N)c1. The van der Waals surface area contributed by atoms with Crippen LogP contribution in [0.4, 0.5) is 11.5 Å². The molecule has 4 nitrogen and oxygen atoms in total. The van der Waals surface area contributed by atoms with Gasteiger partial charge in [-0.1, -0.05) is 0 Å². The Morgan fingerprint density at radius 2 is 2.40 bits per heavy atom. The minimum absolute atomic E-state index is 0.251. The average Bonchev–Trinajstić information content (AvgIpc) is 2.17. The van der Waals surface area contributed by atoms with Crippen molar-refractivity contribution in [2.24, 2.45) is 0 Å². The first-order valence-corrected chi connectivity index (χ1v) is 5.25. The van der Waals surface area contributed by atoms with Crippen LogP contribution in [-0.4, -0.2) is 30.8 Å². The average molecular weight is 207 g/mol. The van der Waals surface area contributed by atoms with Crippen molar-refractivity contribution in [2.45, 2.75) is 20.0 Å². The fourth-order valence-corrected chi connectivity index (χ4v) is 1.86. The molecule has 82 valence electrons. The van der Waals surface area contributed by atoms with Crippen LogP contribution in [0.2, 0.25) is 0 Å². The molecule has 1 unspecified atom stereocenters. The number of pyridine rings is 1. The maximum atomic E-state index is 5.95. The van der Waals surface area contributed by atoms with E-state index < -0.39 is 0 Å². The Bertz CT molecular complexity index is 354. The van der Waals surface area contributed by atoms with Gasteiger partial charge >= 0.3 is 0 Å². The second-order valence-electron chi connectivity index (χ2n) is 4.05. The summed E-state index contributed by atoms with van der Waals surface area (Å²) in [5, 5.41) is 0. The molecule has 0 amide bonds. The Kier molecular flexibility index (Phi) is 2.77. The quantitative estimate of drug-likeness (QED) is 0.751. The van der Waals surface area contributed by atoms with Crippen LogP contribution in [0.1, 0.15) is 12.5 Å². The summed E-state index contributed by atoms with van der Waals surface area (Å²) in [7, 11) is 0. The molecule has 2 rings (SSSR count). The molecule has 1 aromatic rings. The summed E-state index contributed by atoms with van der Waals surface area (Å²) in [4.78, 5) is 6.56. The summed E-state index contributed by atoms with van der Waals surface area (Å²) >= 11 is 0. The van der Waals surface area contributed by atoms with Crippen molar-refractivity contribution in [1.29, 1.82) is 0 Å². The van der Waals surface area contributed by atoms with E-state index >= 15 is 0 Å². The van der Waals surface area contributed by atoms with Crippen LogP contribution in [-0.2, 0) is 4.74 Å². The van der Waals surface area contributed by atoms with E-state index in [2.05, 4.69) is 16.8 Å². The predicted octanol–water partition coefficient (Wildman–Crippen LogP) is 1.20. The number of hydrogen-bond donors (Lipinski definition) is 1. The molecule has 2 heterocycles. The fourth-order valence-electron chi connectivity index (χ4n) is 1.86. The van der Waals surface area contributed by atoms with Gasteiger partial charge in [0.1, 0.15) is 0 Å². The van der Waals surface area contributed by atoms with E-state index in [1.165, 1.54) is 0 Å². The highest BCUT2D eigenvalue weighted by Crippen LogP contribution is 2.22. The minimum atomic E-state index is 0.251. The zero-order valence-electron chi connectivity index (χ0n) is 9.23. The molecule has 0 aromatic carbocycles. The van der Waals surface area contributed by atoms with Gasteiger partial charge in [0.2, 0.25) is 0 Å². The highest BCUT2D eigenvalue weighted by molar-refractivity contribution is 5.63. The van der Waals surface area contributed by atoms with Crippen LogP contribution in [0.15, 0.2) is 12.3 Å². The molecule has 0 saturated carbocycles. The Morgan fingerprint density at radius 3 is 3.07 bits per heavy atom. The van der Waals surface area contributed by atoms with E-state index in [4.69, 9.17) is 10.5 Å². The van der Waals surface area contributed by atoms with Gasteiger partial charge < -0.3 is 15.4 Å². The third-order valence-electron chi connectivity index (χ3n) is 2.57. The van der Waals surface area contributed by atoms with E-state index in [0.29, 0.717) is 0 Å². The second kappa shape index (κ2) is 4.06. The van der Waals surface area contributed by atoms with Crippen molar-refractivity contribution in [3.63, 3.8) is 0 Å². The summed E-state index contributed by atoms with van der Waals surface area (Å²) in [5.41, 5.74) is 7.80. The Labute approximate surface area is 90.0 Å². The van der Waals surface area contributed by atoms with Crippen molar-refractivity contribution in [3.8, 4) is 0 Å². The van der Waals surface area contributed by atoms with E-state index in [-0.39, 0.29) is 6.10 Å². The molecule has 1 aliphatic heterocycles. The normalized spacial score (nSPS) is 21.7. The van der Waals surface area contributed by atoms with Crippen molar-refractivity contribution in [1.82, 2.24) is 4.98 Å². The van der Waals surface area contributed by atoms with E-state index in [9.17, 15) is 0 Å². The van der Waals surface area contributed by atoms with Crippen LogP contribution in [0.5, 0.6) is 0 Å². The topological polar surface area (TPSA) is 51.4 Å². The number of aryl methyl sites for hydroxylation is 1. The van der Waals surface area contributed by atoms with Gasteiger partial charge in [-0.25, -0.2) is 4.98 Å². The highest BCUT2D eigenvalue weighted by atomic mass is 16.5. The number of ether oxygens (including phenoxy) is 1. The molecule has 1 aromatic heterocycles.